The van der Waals surface area contributed by atoms with Gasteiger partial charge in [-0.2, -0.15) is 0 Å². The lowest BCUT2D eigenvalue weighted by molar-refractivity contribution is -0.148. The fourth-order valence-electron chi connectivity index (χ4n) is 3.29. The van der Waals surface area contributed by atoms with Gasteiger partial charge in [0.1, 0.15) is 18.3 Å². The number of amides is 2. The van der Waals surface area contributed by atoms with Crippen molar-refractivity contribution in [2.24, 2.45) is 10.9 Å². The molecule has 1 N–H and O–H groups in total. The molecular weight excluding hydrogens is 367 g/mol. The summed E-state index contributed by atoms with van der Waals surface area (Å²) < 4.78 is 30.3. The summed E-state index contributed by atoms with van der Waals surface area (Å²) in [5, 5.41) is 2.56. The highest BCUT2D eigenvalue weighted by Crippen LogP contribution is 2.33. The predicted molar refractivity (Wildman–Crippen MR) is 96.6 cm³/mol. The Kier molecular flexibility index (Phi) is 4.68. The van der Waals surface area contributed by atoms with Gasteiger partial charge in [-0.05, 0) is 30.7 Å². The molecule has 0 bridgehead atoms. The molecule has 0 fully saturated rings. The molecule has 2 aromatic carbocycles. The molecule has 144 valence electrons. The van der Waals surface area contributed by atoms with Gasteiger partial charge in [0.2, 0.25) is 6.79 Å². The molecule has 0 aliphatic carbocycles. The summed E-state index contributed by atoms with van der Waals surface area (Å²) in [6.45, 7) is 1.70. The van der Waals surface area contributed by atoms with Crippen molar-refractivity contribution in [2.45, 2.75) is 19.6 Å². The number of urea groups is 1. The molecule has 0 aromatic heterocycles. The topological polar surface area (TPSA) is 86.2 Å². The van der Waals surface area contributed by atoms with Crippen molar-refractivity contribution in [2.75, 3.05) is 6.79 Å². The number of ether oxygens (including phenoxy) is 3. The molecule has 2 heterocycles. The van der Waals surface area contributed by atoms with Gasteiger partial charge in [-0.3, -0.25) is 4.79 Å². The lowest BCUT2D eigenvalue weighted by Crippen LogP contribution is -2.44. The Hall–Kier alpha value is -3.42. The highest BCUT2D eigenvalue weighted by atomic mass is 19.1. The highest BCUT2D eigenvalue weighted by molar-refractivity contribution is 6.08. The van der Waals surface area contributed by atoms with Crippen LogP contribution in [0, 0.1) is 11.7 Å². The largest absolute Gasteiger partial charge is 0.460 e. The highest BCUT2D eigenvalue weighted by Gasteiger charge is 2.39. The van der Waals surface area contributed by atoms with Crippen LogP contribution in [0.25, 0.3) is 0 Å². The third-order valence-electron chi connectivity index (χ3n) is 4.65. The molecule has 2 unspecified atom stereocenters. The van der Waals surface area contributed by atoms with Gasteiger partial charge in [0.05, 0.1) is 6.04 Å². The predicted octanol–water partition coefficient (Wildman–Crippen LogP) is 3.14. The summed E-state index contributed by atoms with van der Waals surface area (Å²) in [4.78, 5) is 28.4. The van der Waals surface area contributed by atoms with Crippen LogP contribution in [-0.4, -0.2) is 24.5 Å². The minimum atomic E-state index is -0.927. The second-order valence-corrected chi connectivity index (χ2v) is 6.47. The zero-order chi connectivity index (χ0) is 19.7. The smallest absolute Gasteiger partial charge is 0.341 e. The van der Waals surface area contributed by atoms with Crippen LogP contribution in [0.1, 0.15) is 24.1 Å². The zero-order valence-electron chi connectivity index (χ0n) is 15.0. The normalized spacial score (nSPS) is 20.4. The van der Waals surface area contributed by atoms with E-state index in [0.29, 0.717) is 11.5 Å². The Balaban J connectivity index is 1.54. The van der Waals surface area contributed by atoms with Crippen LogP contribution in [0.2, 0.25) is 0 Å². The SMILES string of the molecule is CC1=NC(=O)NC(c2ccccc2F)C1C(=O)OCc1ccc2c(c1)OCO2. The number of carbonyl (C=O) groups is 2. The molecule has 2 aliphatic rings. The van der Waals surface area contributed by atoms with E-state index in [4.69, 9.17) is 14.2 Å². The van der Waals surface area contributed by atoms with Crippen molar-refractivity contribution in [3.05, 3.63) is 59.4 Å². The van der Waals surface area contributed by atoms with E-state index in [1.807, 2.05) is 0 Å². The summed E-state index contributed by atoms with van der Waals surface area (Å²) in [5.41, 5.74) is 1.19. The quantitative estimate of drug-likeness (QED) is 0.819. The second kappa shape index (κ2) is 7.30. The van der Waals surface area contributed by atoms with E-state index in [1.165, 1.54) is 18.2 Å². The first kappa shape index (κ1) is 18.0. The van der Waals surface area contributed by atoms with Gasteiger partial charge in [0, 0.05) is 11.3 Å². The molecule has 2 aliphatic heterocycles. The van der Waals surface area contributed by atoms with Crippen LogP contribution in [-0.2, 0) is 16.1 Å². The number of carbonyl (C=O) groups excluding carboxylic acids is 2. The molecule has 0 spiro atoms. The molecule has 28 heavy (non-hydrogen) atoms. The van der Waals surface area contributed by atoms with Gasteiger partial charge in [0.25, 0.3) is 0 Å². The average Bonchev–Trinajstić information content (AvgIpc) is 3.13. The Bertz CT molecular complexity index is 975. The molecular formula is C20H17FN2O5. The van der Waals surface area contributed by atoms with Gasteiger partial charge in [-0.15, -0.1) is 0 Å². The van der Waals surface area contributed by atoms with Crippen LogP contribution < -0.4 is 14.8 Å². The minimum absolute atomic E-state index is 0.00279. The first-order valence-corrected chi connectivity index (χ1v) is 8.68. The molecule has 4 rings (SSSR count). The first-order valence-electron chi connectivity index (χ1n) is 8.68. The van der Waals surface area contributed by atoms with Crippen molar-refractivity contribution in [1.29, 1.82) is 0 Å². The lowest BCUT2D eigenvalue weighted by Gasteiger charge is -2.29. The van der Waals surface area contributed by atoms with E-state index in [-0.39, 0.29) is 24.7 Å². The van der Waals surface area contributed by atoms with Crippen molar-refractivity contribution >= 4 is 17.7 Å². The van der Waals surface area contributed by atoms with Crippen LogP contribution in [0.15, 0.2) is 47.5 Å². The van der Waals surface area contributed by atoms with Crippen LogP contribution >= 0.6 is 0 Å². The van der Waals surface area contributed by atoms with Gasteiger partial charge in [0.15, 0.2) is 11.5 Å². The number of nitrogens with one attached hydrogen (secondary N) is 1. The van der Waals surface area contributed by atoms with E-state index in [2.05, 4.69) is 10.3 Å². The van der Waals surface area contributed by atoms with E-state index in [9.17, 15) is 14.0 Å². The fourth-order valence-corrected chi connectivity index (χ4v) is 3.29. The molecule has 0 saturated heterocycles. The van der Waals surface area contributed by atoms with Crippen molar-refractivity contribution in [3.8, 4) is 11.5 Å². The van der Waals surface area contributed by atoms with Crippen LogP contribution in [0.3, 0.4) is 0 Å². The Morgan fingerprint density at radius 1 is 1.25 bits per heavy atom. The number of halogens is 1. The van der Waals surface area contributed by atoms with Gasteiger partial charge >= 0.3 is 12.0 Å². The Morgan fingerprint density at radius 3 is 2.86 bits per heavy atom. The first-order chi connectivity index (χ1) is 13.5. The molecule has 2 aromatic rings. The zero-order valence-corrected chi connectivity index (χ0v) is 15.0. The third-order valence-corrected chi connectivity index (χ3v) is 4.65. The van der Waals surface area contributed by atoms with Crippen LogP contribution in [0.5, 0.6) is 11.5 Å². The van der Waals surface area contributed by atoms with E-state index in [1.54, 1.807) is 31.2 Å². The van der Waals surface area contributed by atoms with E-state index in [0.717, 1.165) is 5.56 Å². The molecule has 7 nitrogen and oxygen atoms in total. The van der Waals surface area contributed by atoms with Gasteiger partial charge in [-0.1, -0.05) is 24.3 Å². The summed E-state index contributed by atoms with van der Waals surface area (Å²) in [7, 11) is 0. The van der Waals surface area contributed by atoms with E-state index < -0.39 is 29.8 Å². The van der Waals surface area contributed by atoms with Crippen molar-refractivity contribution < 1.29 is 28.2 Å². The van der Waals surface area contributed by atoms with E-state index >= 15 is 0 Å². The maximum Gasteiger partial charge on any atom is 0.341 e. The molecule has 2 atom stereocenters. The summed E-state index contributed by atoms with van der Waals surface area (Å²) in [6.07, 6.45) is 0. The number of nitrogens with zero attached hydrogens (tertiary/aromatic N) is 1. The molecule has 2 amide bonds. The Morgan fingerprint density at radius 2 is 2.04 bits per heavy atom. The number of hydrogen-bond acceptors (Lipinski definition) is 5. The summed E-state index contributed by atoms with van der Waals surface area (Å²) >= 11 is 0. The Labute approximate surface area is 160 Å². The average molecular weight is 384 g/mol. The number of hydrogen-bond donors (Lipinski definition) is 1. The van der Waals surface area contributed by atoms with Gasteiger partial charge in [-0.25, -0.2) is 14.2 Å². The van der Waals surface area contributed by atoms with Crippen LogP contribution in [0.4, 0.5) is 9.18 Å². The van der Waals surface area contributed by atoms with Crippen molar-refractivity contribution in [3.63, 3.8) is 0 Å². The number of benzene rings is 2. The number of esters is 1. The molecule has 8 heteroatoms. The summed E-state index contributed by atoms with van der Waals surface area (Å²) in [5.74, 6) is -0.833. The minimum Gasteiger partial charge on any atom is -0.460 e. The number of aliphatic imine (C=N–C) groups is 1. The summed E-state index contributed by atoms with van der Waals surface area (Å²) in [6, 6.07) is 9.70. The third kappa shape index (κ3) is 3.40. The fraction of sp³-hybridized carbons (Fsp3) is 0.250. The lowest BCUT2D eigenvalue weighted by atomic mass is 9.88. The number of fused-ring (bicyclic) bond motifs is 1. The van der Waals surface area contributed by atoms with Crippen molar-refractivity contribution in [1.82, 2.24) is 5.32 Å². The molecule has 0 saturated carbocycles. The maximum atomic E-state index is 14.3. The monoisotopic (exact) mass is 384 g/mol. The maximum absolute atomic E-state index is 14.3. The molecule has 0 radical (unpaired) electrons. The standard InChI is InChI=1S/C20H17FN2O5/c1-11-17(18(23-20(25)22-11)13-4-2-3-5-14(13)21)19(24)26-9-12-6-7-15-16(8-12)28-10-27-15/h2-8,17-18H,9-10H2,1H3,(H,23,25). The van der Waals surface area contributed by atoms with Gasteiger partial charge < -0.3 is 19.5 Å². The number of rotatable bonds is 4. The second-order valence-electron chi connectivity index (χ2n) is 6.47.